The lowest BCUT2D eigenvalue weighted by atomic mass is 9.78. The van der Waals surface area contributed by atoms with Crippen molar-refractivity contribution in [1.29, 1.82) is 0 Å². The zero-order valence-electron chi connectivity index (χ0n) is 15.8. The Balaban J connectivity index is 1.47. The number of nitrogens with one attached hydrogen (secondary N) is 1. The molecule has 3 aliphatic rings. The first kappa shape index (κ1) is 16.4. The number of amides is 1. The number of carbonyl (C=O) groups excluding carboxylic acids is 1. The van der Waals surface area contributed by atoms with Gasteiger partial charge in [-0.05, 0) is 74.5 Å². The van der Waals surface area contributed by atoms with E-state index < -0.39 is 0 Å². The smallest absolute Gasteiger partial charge is 0.230 e. The molecule has 2 saturated carbocycles. The summed E-state index contributed by atoms with van der Waals surface area (Å²) in [6, 6.07) is 7.08. The minimum Gasteiger partial charge on any atom is -0.361 e. The molecule has 2 aromatic rings. The fourth-order valence-corrected chi connectivity index (χ4v) is 5.60. The van der Waals surface area contributed by atoms with Gasteiger partial charge in [0.15, 0.2) is 0 Å². The van der Waals surface area contributed by atoms with Crippen molar-refractivity contribution >= 4 is 16.8 Å². The van der Waals surface area contributed by atoms with Crippen LogP contribution in [0.1, 0.15) is 81.3 Å². The van der Waals surface area contributed by atoms with Crippen LogP contribution in [0.5, 0.6) is 0 Å². The summed E-state index contributed by atoms with van der Waals surface area (Å²) in [6.07, 6.45) is 12.4. The molecule has 3 nitrogen and oxygen atoms in total. The summed E-state index contributed by atoms with van der Waals surface area (Å²) in [4.78, 5) is 19.2. The molecule has 3 fully saturated rings. The highest BCUT2D eigenvalue weighted by atomic mass is 16.2. The Morgan fingerprint density at radius 1 is 1.12 bits per heavy atom. The number of hydrogen-bond donors (Lipinski definition) is 1. The Morgan fingerprint density at radius 2 is 1.92 bits per heavy atom. The van der Waals surface area contributed by atoms with Crippen molar-refractivity contribution in [3.8, 4) is 0 Å². The van der Waals surface area contributed by atoms with Gasteiger partial charge in [-0.15, -0.1) is 0 Å². The molecular weight excluding hydrogens is 320 g/mol. The van der Waals surface area contributed by atoms with Crippen LogP contribution in [0.25, 0.3) is 10.9 Å². The van der Waals surface area contributed by atoms with E-state index >= 15 is 0 Å². The van der Waals surface area contributed by atoms with Gasteiger partial charge in [0.2, 0.25) is 5.91 Å². The molecule has 26 heavy (non-hydrogen) atoms. The minimum atomic E-state index is -0.0515. The van der Waals surface area contributed by atoms with Crippen LogP contribution in [-0.2, 0) is 4.79 Å². The molecule has 0 radical (unpaired) electrons. The third-order valence-corrected chi connectivity index (χ3v) is 7.15. The molecule has 2 heterocycles. The van der Waals surface area contributed by atoms with Gasteiger partial charge in [0.1, 0.15) is 0 Å². The van der Waals surface area contributed by atoms with Crippen molar-refractivity contribution in [2.45, 2.75) is 76.2 Å². The van der Waals surface area contributed by atoms with E-state index in [1.165, 1.54) is 73.4 Å². The van der Waals surface area contributed by atoms with Crippen LogP contribution in [0.4, 0.5) is 0 Å². The first-order valence-corrected chi connectivity index (χ1v) is 10.6. The standard InChI is InChI=1S/C23H30N2O/c1-15(23(26)25-13-5-7-17-6-2-3-10-21(17)25)19-14-24-20-9-4-8-18(22(19)20)16-11-12-16/h4,8-9,14-17,21,24H,2-3,5-7,10-13H2,1H3. The van der Waals surface area contributed by atoms with Gasteiger partial charge in [0.05, 0.1) is 5.92 Å². The number of aromatic amines is 1. The third kappa shape index (κ3) is 2.67. The normalized spacial score (nSPS) is 27.3. The van der Waals surface area contributed by atoms with Crippen LogP contribution in [0.2, 0.25) is 0 Å². The zero-order chi connectivity index (χ0) is 17.7. The summed E-state index contributed by atoms with van der Waals surface area (Å²) in [5.41, 5.74) is 3.86. The van der Waals surface area contributed by atoms with E-state index in [1.807, 2.05) is 0 Å². The van der Waals surface area contributed by atoms with E-state index in [1.54, 1.807) is 0 Å². The van der Waals surface area contributed by atoms with Crippen LogP contribution in [0, 0.1) is 5.92 Å². The summed E-state index contributed by atoms with van der Waals surface area (Å²) in [6.45, 7) is 3.09. The number of hydrogen-bond acceptors (Lipinski definition) is 1. The highest BCUT2D eigenvalue weighted by Crippen LogP contribution is 2.45. The van der Waals surface area contributed by atoms with Gasteiger partial charge in [0, 0.05) is 29.7 Å². The van der Waals surface area contributed by atoms with E-state index in [0.29, 0.717) is 17.9 Å². The van der Waals surface area contributed by atoms with E-state index in [2.05, 4.69) is 41.2 Å². The topological polar surface area (TPSA) is 36.1 Å². The number of fused-ring (bicyclic) bond motifs is 2. The molecule has 2 aliphatic carbocycles. The molecule has 1 aromatic carbocycles. The number of piperidine rings is 1. The molecule has 3 unspecified atom stereocenters. The highest BCUT2D eigenvalue weighted by Gasteiger charge is 2.38. The highest BCUT2D eigenvalue weighted by molar-refractivity contribution is 5.94. The Kier molecular flexibility index (Phi) is 4.06. The molecule has 3 heteroatoms. The van der Waals surface area contributed by atoms with Crippen molar-refractivity contribution in [2.75, 3.05) is 6.54 Å². The fraction of sp³-hybridized carbons (Fsp3) is 0.609. The molecule has 0 bridgehead atoms. The molecule has 0 spiro atoms. The number of carbonyl (C=O) groups is 1. The molecular formula is C23H30N2O. The summed E-state index contributed by atoms with van der Waals surface area (Å²) >= 11 is 0. The Hall–Kier alpha value is -1.77. The Labute approximate surface area is 156 Å². The van der Waals surface area contributed by atoms with Crippen molar-refractivity contribution in [3.05, 3.63) is 35.5 Å². The van der Waals surface area contributed by atoms with Gasteiger partial charge in [-0.3, -0.25) is 4.79 Å². The maximum Gasteiger partial charge on any atom is 0.230 e. The SMILES string of the molecule is CC(C(=O)N1CCCC2CCCCC21)c1c[nH]c2cccc(C3CC3)c12. The molecule has 3 atom stereocenters. The van der Waals surface area contributed by atoms with Crippen molar-refractivity contribution < 1.29 is 4.79 Å². The second-order valence-corrected chi connectivity index (χ2v) is 8.80. The van der Waals surface area contributed by atoms with E-state index in [-0.39, 0.29) is 5.92 Å². The van der Waals surface area contributed by atoms with E-state index in [0.717, 1.165) is 12.5 Å². The van der Waals surface area contributed by atoms with E-state index in [4.69, 9.17) is 0 Å². The maximum absolute atomic E-state index is 13.5. The molecule has 5 rings (SSSR count). The van der Waals surface area contributed by atoms with Crippen LogP contribution >= 0.6 is 0 Å². The summed E-state index contributed by atoms with van der Waals surface area (Å²) < 4.78 is 0. The van der Waals surface area contributed by atoms with Crippen LogP contribution in [-0.4, -0.2) is 28.4 Å². The maximum atomic E-state index is 13.5. The average Bonchev–Trinajstić information content (AvgIpc) is 3.44. The monoisotopic (exact) mass is 350 g/mol. The first-order valence-electron chi connectivity index (χ1n) is 10.6. The van der Waals surface area contributed by atoms with Gasteiger partial charge in [-0.1, -0.05) is 25.0 Å². The number of H-pyrrole nitrogens is 1. The minimum absolute atomic E-state index is 0.0515. The van der Waals surface area contributed by atoms with Crippen LogP contribution in [0.15, 0.2) is 24.4 Å². The Bertz CT molecular complexity index is 817. The van der Waals surface area contributed by atoms with Crippen molar-refractivity contribution in [1.82, 2.24) is 9.88 Å². The predicted octanol–water partition coefficient (Wildman–Crippen LogP) is 5.33. The van der Waals surface area contributed by atoms with Gasteiger partial charge in [0.25, 0.3) is 0 Å². The number of rotatable bonds is 3. The molecule has 1 N–H and O–H groups in total. The molecule has 1 aliphatic heterocycles. The second kappa shape index (κ2) is 6.44. The van der Waals surface area contributed by atoms with Crippen LogP contribution < -0.4 is 0 Å². The summed E-state index contributed by atoms with van der Waals surface area (Å²) in [7, 11) is 0. The second-order valence-electron chi connectivity index (χ2n) is 8.80. The zero-order valence-corrected chi connectivity index (χ0v) is 15.8. The molecule has 1 aromatic heterocycles. The fourth-order valence-electron chi connectivity index (χ4n) is 5.60. The predicted molar refractivity (Wildman–Crippen MR) is 105 cm³/mol. The lowest BCUT2D eigenvalue weighted by Gasteiger charge is -2.45. The Morgan fingerprint density at radius 3 is 2.77 bits per heavy atom. The third-order valence-electron chi connectivity index (χ3n) is 7.15. The van der Waals surface area contributed by atoms with Gasteiger partial charge >= 0.3 is 0 Å². The largest absolute Gasteiger partial charge is 0.361 e. The van der Waals surface area contributed by atoms with Crippen LogP contribution in [0.3, 0.4) is 0 Å². The number of aromatic nitrogens is 1. The molecule has 1 amide bonds. The quantitative estimate of drug-likeness (QED) is 0.798. The lowest BCUT2D eigenvalue weighted by Crippen LogP contribution is -2.50. The summed E-state index contributed by atoms with van der Waals surface area (Å²) in [5.74, 6) is 1.75. The van der Waals surface area contributed by atoms with Crippen molar-refractivity contribution in [3.63, 3.8) is 0 Å². The number of likely N-dealkylation sites (tertiary alicyclic amines) is 1. The average molecular weight is 351 g/mol. The summed E-state index contributed by atoms with van der Waals surface area (Å²) in [5, 5.41) is 1.33. The van der Waals surface area contributed by atoms with E-state index in [9.17, 15) is 4.79 Å². The van der Waals surface area contributed by atoms with Crippen molar-refractivity contribution in [2.24, 2.45) is 5.92 Å². The number of benzene rings is 1. The van der Waals surface area contributed by atoms with Gasteiger partial charge in [-0.25, -0.2) is 0 Å². The number of nitrogens with zero attached hydrogens (tertiary/aromatic N) is 1. The molecule has 138 valence electrons. The van der Waals surface area contributed by atoms with Gasteiger partial charge in [-0.2, -0.15) is 0 Å². The first-order chi connectivity index (χ1) is 12.7. The lowest BCUT2D eigenvalue weighted by molar-refractivity contribution is -0.138. The molecule has 1 saturated heterocycles. The van der Waals surface area contributed by atoms with Gasteiger partial charge < -0.3 is 9.88 Å².